The van der Waals surface area contributed by atoms with Crippen molar-refractivity contribution in [3.63, 3.8) is 0 Å². The van der Waals surface area contributed by atoms with Gasteiger partial charge in [-0.25, -0.2) is 4.39 Å². The fraction of sp³-hybridized carbons (Fsp3) is 0.154. The van der Waals surface area contributed by atoms with Crippen LogP contribution in [0.25, 0.3) is 11.6 Å². The SMILES string of the molecule is Cc1[nH]c(/C=C2\C(=O)Nc3ccc(F)cc32)c(C)c1C(=O)NCC(=O)NCC(=O)Nc1ccccc1N. The molecule has 10 nitrogen and oxygen atoms in total. The third-order valence-electron chi connectivity index (χ3n) is 5.85. The van der Waals surface area contributed by atoms with Crippen LogP contribution in [0.5, 0.6) is 0 Å². The van der Waals surface area contributed by atoms with Crippen LogP contribution < -0.4 is 27.0 Å². The van der Waals surface area contributed by atoms with E-state index in [0.29, 0.717) is 45.1 Å². The second kappa shape index (κ2) is 10.4. The molecule has 0 saturated carbocycles. The van der Waals surface area contributed by atoms with Gasteiger partial charge < -0.3 is 32.0 Å². The number of rotatable bonds is 7. The number of hydrogen-bond donors (Lipinski definition) is 6. The van der Waals surface area contributed by atoms with Crippen LogP contribution >= 0.6 is 0 Å². The van der Waals surface area contributed by atoms with E-state index >= 15 is 0 Å². The minimum Gasteiger partial charge on any atom is -0.397 e. The highest BCUT2D eigenvalue weighted by atomic mass is 19.1. The zero-order valence-corrected chi connectivity index (χ0v) is 20.1. The molecule has 190 valence electrons. The Hall–Kier alpha value is -4.93. The maximum Gasteiger partial charge on any atom is 0.256 e. The zero-order chi connectivity index (χ0) is 26.7. The van der Waals surface area contributed by atoms with Crippen LogP contribution in [0.4, 0.5) is 21.5 Å². The minimum atomic E-state index is -0.557. The molecular formula is C26H25FN6O4. The highest BCUT2D eigenvalue weighted by molar-refractivity contribution is 6.35. The van der Waals surface area contributed by atoms with Gasteiger partial charge in [-0.05, 0) is 55.8 Å². The summed E-state index contributed by atoms with van der Waals surface area (Å²) in [7, 11) is 0. The number of nitrogens with two attached hydrogens (primary N) is 1. The molecule has 37 heavy (non-hydrogen) atoms. The van der Waals surface area contributed by atoms with Gasteiger partial charge in [0.15, 0.2) is 0 Å². The number of anilines is 3. The molecule has 1 aliphatic heterocycles. The molecule has 0 radical (unpaired) electrons. The van der Waals surface area contributed by atoms with Crippen molar-refractivity contribution >= 4 is 52.3 Å². The van der Waals surface area contributed by atoms with Gasteiger partial charge in [-0.3, -0.25) is 19.2 Å². The standard InChI is InChI=1S/C26H25FN6O4/c1-13-21(10-17-16-9-15(27)7-8-19(16)33-25(17)36)31-14(2)24(13)26(37)30-11-22(34)29-12-23(35)32-20-6-4-3-5-18(20)28/h3-10,31H,11-12,28H2,1-2H3,(H,29,34)(H,30,37)(H,32,35)(H,33,36)/b17-10-. The Morgan fingerprint density at radius 3 is 2.51 bits per heavy atom. The summed E-state index contributed by atoms with van der Waals surface area (Å²) in [6.07, 6.45) is 1.56. The zero-order valence-electron chi connectivity index (χ0n) is 20.1. The number of fused-ring (bicyclic) bond motifs is 1. The average molecular weight is 505 g/mol. The Kier molecular flexibility index (Phi) is 7.05. The van der Waals surface area contributed by atoms with Crippen LogP contribution in [0.1, 0.15) is 32.9 Å². The van der Waals surface area contributed by atoms with E-state index in [9.17, 15) is 23.6 Å². The molecular weight excluding hydrogens is 479 g/mol. The van der Waals surface area contributed by atoms with Gasteiger partial charge in [0, 0.05) is 22.6 Å². The van der Waals surface area contributed by atoms with Crippen LogP contribution in [0.2, 0.25) is 0 Å². The van der Waals surface area contributed by atoms with Crippen molar-refractivity contribution in [2.45, 2.75) is 13.8 Å². The van der Waals surface area contributed by atoms with Crippen LogP contribution in [0.3, 0.4) is 0 Å². The van der Waals surface area contributed by atoms with Crippen LogP contribution in [-0.2, 0) is 14.4 Å². The number of aromatic nitrogens is 1. The molecule has 7 N–H and O–H groups in total. The Labute approximate surface area is 211 Å². The van der Waals surface area contributed by atoms with E-state index in [-0.39, 0.29) is 24.6 Å². The number of nitrogen functional groups attached to an aromatic ring is 1. The first-order valence-electron chi connectivity index (χ1n) is 11.4. The predicted octanol–water partition coefficient (Wildman–Crippen LogP) is 2.33. The molecule has 0 spiro atoms. The second-order valence-electron chi connectivity index (χ2n) is 8.46. The number of aromatic amines is 1. The number of para-hydroxylation sites is 2. The number of halogens is 1. The first-order chi connectivity index (χ1) is 17.6. The van der Waals surface area contributed by atoms with Gasteiger partial charge in [0.25, 0.3) is 11.8 Å². The lowest BCUT2D eigenvalue weighted by atomic mass is 10.0. The van der Waals surface area contributed by atoms with Gasteiger partial charge in [0.2, 0.25) is 11.8 Å². The summed E-state index contributed by atoms with van der Waals surface area (Å²) >= 11 is 0. The predicted molar refractivity (Wildman–Crippen MR) is 138 cm³/mol. The van der Waals surface area contributed by atoms with Gasteiger partial charge in [0.1, 0.15) is 5.82 Å². The van der Waals surface area contributed by atoms with Crippen molar-refractivity contribution in [2.24, 2.45) is 0 Å². The molecule has 0 aliphatic carbocycles. The molecule has 0 bridgehead atoms. The number of carbonyl (C=O) groups is 4. The monoisotopic (exact) mass is 504 g/mol. The molecule has 0 atom stereocenters. The van der Waals surface area contributed by atoms with Crippen molar-refractivity contribution in [3.05, 3.63) is 76.4 Å². The maximum atomic E-state index is 13.7. The Morgan fingerprint density at radius 1 is 1.03 bits per heavy atom. The first-order valence-corrected chi connectivity index (χ1v) is 11.4. The topological polar surface area (TPSA) is 158 Å². The van der Waals surface area contributed by atoms with Gasteiger partial charge in [-0.2, -0.15) is 0 Å². The van der Waals surface area contributed by atoms with Crippen molar-refractivity contribution in [1.82, 2.24) is 15.6 Å². The molecule has 0 saturated heterocycles. The highest BCUT2D eigenvalue weighted by Gasteiger charge is 2.26. The molecule has 2 heterocycles. The Balaban J connectivity index is 1.37. The van der Waals surface area contributed by atoms with Crippen LogP contribution in [-0.4, -0.2) is 41.7 Å². The van der Waals surface area contributed by atoms with Crippen molar-refractivity contribution in [3.8, 4) is 0 Å². The molecule has 0 unspecified atom stereocenters. The third kappa shape index (κ3) is 5.50. The summed E-state index contributed by atoms with van der Waals surface area (Å²) < 4.78 is 13.7. The molecule has 0 fully saturated rings. The smallest absolute Gasteiger partial charge is 0.256 e. The van der Waals surface area contributed by atoms with E-state index in [1.165, 1.54) is 18.2 Å². The lowest BCUT2D eigenvalue weighted by molar-refractivity contribution is -0.123. The first kappa shape index (κ1) is 25.2. The van der Waals surface area contributed by atoms with Crippen LogP contribution in [0.15, 0.2) is 42.5 Å². The number of carbonyl (C=O) groups excluding carboxylic acids is 4. The largest absolute Gasteiger partial charge is 0.397 e. The number of aryl methyl sites for hydroxylation is 1. The van der Waals surface area contributed by atoms with Gasteiger partial charge in [0.05, 0.1) is 35.6 Å². The van der Waals surface area contributed by atoms with E-state index in [1.54, 1.807) is 44.2 Å². The Morgan fingerprint density at radius 2 is 1.76 bits per heavy atom. The quantitative estimate of drug-likeness (QED) is 0.215. The van der Waals surface area contributed by atoms with E-state index in [0.717, 1.165) is 0 Å². The molecule has 1 aromatic heterocycles. The number of benzene rings is 2. The molecule has 3 aromatic rings. The van der Waals surface area contributed by atoms with Crippen molar-refractivity contribution in [2.75, 3.05) is 29.5 Å². The van der Waals surface area contributed by atoms with E-state index in [1.807, 2.05) is 0 Å². The minimum absolute atomic E-state index is 0.265. The lowest BCUT2D eigenvalue weighted by Gasteiger charge is -2.09. The van der Waals surface area contributed by atoms with Crippen LogP contribution in [0, 0.1) is 19.7 Å². The summed E-state index contributed by atoms with van der Waals surface area (Å²) in [4.78, 5) is 52.5. The van der Waals surface area contributed by atoms with Gasteiger partial charge in [-0.15, -0.1) is 0 Å². The van der Waals surface area contributed by atoms with E-state index < -0.39 is 23.5 Å². The highest BCUT2D eigenvalue weighted by Crippen LogP contribution is 2.34. The van der Waals surface area contributed by atoms with E-state index in [4.69, 9.17) is 5.73 Å². The second-order valence-corrected chi connectivity index (χ2v) is 8.46. The summed E-state index contributed by atoms with van der Waals surface area (Å²) in [5.74, 6) is -2.38. The number of amides is 4. The lowest BCUT2D eigenvalue weighted by Crippen LogP contribution is -2.40. The third-order valence-corrected chi connectivity index (χ3v) is 5.85. The maximum absolute atomic E-state index is 13.7. The Bertz CT molecular complexity index is 1460. The molecule has 2 aromatic carbocycles. The average Bonchev–Trinajstić information content (AvgIpc) is 3.32. The van der Waals surface area contributed by atoms with E-state index in [2.05, 4.69) is 26.3 Å². The normalized spacial score (nSPS) is 13.2. The number of hydrogen-bond acceptors (Lipinski definition) is 5. The number of H-pyrrole nitrogens is 1. The van der Waals surface area contributed by atoms with Crippen molar-refractivity contribution < 1.29 is 23.6 Å². The molecule has 4 amide bonds. The van der Waals surface area contributed by atoms with Gasteiger partial charge in [-0.1, -0.05) is 12.1 Å². The number of nitrogens with one attached hydrogen (secondary N) is 5. The molecule has 1 aliphatic rings. The molecule has 4 rings (SSSR count). The summed E-state index contributed by atoms with van der Waals surface area (Å²) in [5.41, 5.74) is 9.71. The summed E-state index contributed by atoms with van der Waals surface area (Å²) in [6, 6.07) is 10.7. The summed E-state index contributed by atoms with van der Waals surface area (Å²) in [5, 5.41) is 10.2. The summed E-state index contributed by atoms with van der Waals surface area (Å²) in [6.45, 7) is 2.73. The van der Waals surface area contributed by atoms with Crippen molar-refractivity contribution in [1.29, 1.82) is 0 Å². The molecule has 11 heteroatoms. The fourth-order valence-electron chi connectivity index (χ4n) is 4.00. The fourth-order valence-corrected chi connectivity index (χ4v) is 4.00. The van der Waals surface area contributed by atoms with Gasteiger partial charge >= 0.3 is 0 Å².